The topological polar surface area (TPSA) is 52.6 Å². The Morgan fingerprint density at radius 3 is 2.55 bits per heavy atom. The molecule has 3 rings (SSSR count). The maximum atomic E-state index is 11.7. The van der Waals surface area contributed by atoms with Gasteiger partial charge in [0.15, 0.2) is 0 Å². The number of para-hydroxylation sites is 1. The fourth-order valence-electron chi connectivity index (χ4n) is 4.05. The standard InChI is InChI=1S/C23H28Cl2N2O2/c1-23(2,3)21-14-17(10-11-27(21)22(28)29)26-20-7-5-4-6-16(20)12-15-8-9-18(24)19(25)13-15/h4-9,13,17,21,26H,10-12,14H2,1-3H3,(H,28,29). The Kier molecular flexibility index (Phi) is 6.65. The molecular formula is C23H28Cl2N2O2. The monoisotopic (exact) mass is 434 g/mol. The molecule has 6 heteroatoms. The van der Waals surface area contributed by atoms with Crippen molar-refractivity contribution in [3.05, 3.63) is 63.6 Å². The normalized spacial score (nSPS) is 19.8. The van der Waals surface area contributed by atoms with Crippen LogP contribution in [-0.4, -0.2) is 34.7 Å². The van der Waals surface area contributed by atoms with E-state index >= 15 is 0 Å². The fourth-order valence-corrected chi connectivity index (χ4v) is 4.37. The fraction of sp³-hybridized carbons (Fsp3) is 0.435. The first-order chi connectivity index (χ1) is 13.6. The first-order valence-electron chi connectivity index (χ1n) is 9.93. The summed E-state index contributed by atoms with van der Waals surface area (Å²) in [5, 5.41) is 14.4. The number of benzene rings is 2. The van der Waals surface area contributed by atoms with Crippen LogP contribution in [0.15, 0.2) is 42.5 Å². The summed E-state index contributed by atoms with van der Waals surface area (Å²) in [4.78, 5) is 13.3. The van der Waals surface area contributed by atoms with E-state index in [0.29, 0.717) is 16.6 Å². The molecule has 0 saturated carbocycles. The number of piperidine rings is 1. The second-order valence-electron chi connectivity index (χ2n) is 8.81. The Balaban J connectivity index is 1.77. The van der Waals surface area contributed by atoms with Crippen molar-refractivity contribution < 1.29 is 9.90 Å². The summed E-state index contributed by atoms with van der Waals surface area (Å²) in [7, 11) is 0. The number of rotatable bonds is 4. The summed E-state index contributed by atoms with van der Waals surface area (Å²) < 4.78 is 0. The Morgan fingerprint density at radius 2 is 1.90 bits per heavy atom. The second kappa shape index (κ2) is 8.85. The lowest BCUT2D eigenvalue weighted by Gasteiger charge is -2.45. The van der Waals surface area contributed by atoms with Crippen molar-refractivity contribution in [1.82, 2.24) is 4.90 Å². The number of hydrogen-bond donors (Lipinski definition) is 2. The van der Waals surface area contributed by atoms with Gasteiger partial charge in [0.2, 0.25) is 0 Å². The van der Waals surface area contributed by atoms with Crippen LogP contribution in [-0.2, 0) is 6.42 Å². The highest BCUT2D eigenvalue weighted by atomic mass is 35.5. The summed E-state index contributed by atoms with van der Waals surface area (Å²) in [5.74, 6) is 0. The number of likely N-dealkylation sites (tertiary alicyclic amines) is 1. The van der Waals surface area contributed by atoms with Crippen LogP contribution in [0, 0.1) is 5.41 Å². The predicted molar refractivity (Wildman–Crippen MR) is 120 cm³/mol. The molecule has 0 spiro atoms. The van der Waals surface area contributed by atoms with Crippen molar-refractivity contribution in [2.75, 3.05) is 11.9 Å². The molecule has 0 radical (unpaired) electrons. The highest BCUT2D eigenvalue weighted by molar-refractivity contribution is 6.42. The molecule has 156 valence electrons. The molecule has 2 N–H and O–H groups in total. The van der Waals surface area contributed by atoms with E-state index in [1.165, 1.54) is 5.56 Å². The predicted octanol–water partition coefficient (Wildman–Crippen LogP) is 6.55. The van der Waals surface area contributed by atoms with Gasteiger partial charge in [-0.05, 0) is 54.0 Å². The van der Waals surface area contributed by atoms with Crippen molar-refractivity contribution in [2.45, 2.75) is 52.1 Å². The van der Waals surface area contributed by atoms with Crippen molar-refractivity contribution in [2.24, 2.45) is 5.41 Å². The van der Waals surface area contributed by atoms with E-state index in [2.05, 4.69) is 38.2 Å². The van der Waals surface area contributed by atoms with Crippen LogP contribution in [0.4, 0.5) is 10.5 Å². The van der Waals surface area contributed by atoms with Gasteiger partial charge >= 0.3 is 6.09 Å². The maximum Gasteiger partial charge on any atom is 0.407 e. The van der Waals surface area contributed by atoms with Gasteiger partial charge in [0.1, 0.15) is 0 Å². The van der Waals surface area contributed by atoms with Crippen LogP contribution < -0.4 is 5.32 Å². The van der Waals surface area contributed by atoms with Crippen LogP contribution in [0.5, 0.6) is 0 Å². The minimum absolute atomic E-state index is 0.0199. The van der Waals surface area contributed by atoms with Crippen molar-refractivity contribution in [3.63, 3.8) is 0 Å². The minimum Gasteiger partial charge on any atom is -0.465 e. The molecule has 1 heterocycles. The quantitative estimate of drug-likeness (QED) is 0.572. The third kappa shape index (κ3) is 5.37. The van der Waals surface area contributed by atoms with Gasteiger partial charge in [-0.15, -0.1) is 0 Å². The van der Waals surface area contributed by atoms with Crippen LogP contribution in [0.2, 0.25) is 10.0 Å². The van der Waals surface area contributed by atoms with Crippen molar-refractivity contribution in [1.29, 1.82) is 0 Å². The molecule has 0 bridgehead atoms. The number of anilines is 1. The number of nitrogens with zero attached hydrogens (tertiary/aromatic N) is 1. The highest BCUT2D eigenvalue weighted by Crippen LogP contribution is 2.34. The smallest absolute Gasteiger partial charge is 0.407 e. The highest BCUT2D eigenvalue weighted by Gasteiger charge is 2.38. The van der Waals surface area contributed by atoms with E-state index in [1.54, 1.807) is 4.90 Å². The van der Waals surface area contributed by atoms with Crippen LogP contribution in [0.3, 0.4) is 0 Å². The summed E-state index contributed by atoms with van der Waals surface area (Å²) >= 11 is 12.2. The van der Waals surface area contributed by atoms with Gasteiger partial charge < -0.3 is 15.3 Å². The Bertz CT molecular complexity index is 879. The van der Waals surface area contributed by atoms with E-state index in [9.17, 15) is 9.90 Å². The molecule has 2 aromatic carbocycles. The van der Waals surface area contributed by atoms with E-state index in [-0.39, 0.29) is 17.5 Å². The van der Waals surface area contributed by atoms with Crippen LogP contribution in [0.1, 0.15) is 44.7 Å². The van der Waals surface area contributed by atoms with Crippen LogP contribution >= 0.6 is 23.2 Å². The number of amides is 1. The molecule has 1 saturated heterocycles. The van der Waals surface area contributed by atoms with Crippen molar-refractivity contribution in [3.8, 4) is 0 Å². The number of carboxylic acid groups (broad SMARTS) is 1. The van der Waals surface area contributed by atoms with E-state index in [4.69, 9.17) is 23.2 Å². The zero-order chi connectivity index (χ0) is 21.2. The van der Waals surface area contributed by atoms with Crippen LogP contribution in [0.25, 0.3) is 0 Å². The first-order valence-corrected chi connectivity index (χ1v) is 10.7. The van der Waals surface area contributed by atoms with Gasteiger partial charge in [-0.1, -0.05) is 68.2 Å². The molecule has 0 aromatic heterocycles. The Morgan fingerprint density at radius 1 is 1.17 bits per heavy atom. The third-order valence-electron chi connectivity index (χ3n) is 5.60. The lowest BCUT2D eigenvalue weighted by Crippen LogP contribution is -2.54. The first kappa shape index (κ1) is 21.8. The SMILES string of the molecule is CC(C)(C)C1CC(Nc2ccccc2Cc2ccc(Cl)c(Cl)c2)CCN1C(=O)O. The zero-order valence-electron chi connectivity index (χ0n) is 17.1. The van der Waals surface area contributed by atoms with E-state index < -0.39 is 6.09 Å². The molecule has 4 nitrogen and oxygen atoms in total. The molecule has 1 fully saturated rings. The molecule has 2 atom stereocenters. The van der Waals surface area contributed by atoms with Crippen molar-refractivity contribution >= 4 is 35.0 Å². The Labute approximate surface area is 182 Å². The van der Waals surface area contributed by atoms with E-state index in [1.807, 2.05) is 30.3 Å². The molecule has 1 amide bonds. The third-order valence-corrected chi connectivity index (χ3v) is 6.34. The second-order valence-corrected chi connectivity index (χ2v) is 9.62. The zero-order valence-corrected chi connectivity index (χ0v) is 18.6. The molecule has 1 aliphatic heterocycles. The van der Waals surface area contributed by atoms with Gasteiger partial charge in [0.25, 0.3) is 0 Å². The summed E-state index contributed by atoms with van der Waals surface area (Å²) in [6.45, 7) is 6.86. The summed E-state index contributed by atoms with van der Waals surface area (Å²) in [6, 6.07) is 14.2. The number of halogens is 2. The molecule has 1 aliphatic rings. The summed E-state index contributed by atoms with van der Waals surface area (Å²) in [5.41, 5.74) is 3.25. The molecule has 0 aliphatic carbocycles. The van der Waals surface area contributed by atoms with Gasteiger partial charge in [-0.25, -0.2) is 4.79 Å². The van der Waals surface area contributed by atoms with Gasteiger partial charge in [-0.3, -0.25) is 0 Å². The molecule has 2 aromatic rings. The molecular weight excluding hydrogens is 407 g/mol. The molecule has 29 heavy (non-hydrogen) atoms. The Hall–Kier alpha value is -1.91. The minimum atomic E-state index is -0.830. The lowest BCUT2D eigenvalue weighted by molar-refractivity contribution is 0.0557. The number of nitrogens with one attached hydrogen (secondary N) is 1. The summed E-state index contributed by atoms with van der Waals surface area (Å²) in [6.07, 6.45) is 1.50. The van der Waals surface area contributed by atoms with E-state index in [0.717, 1.165) is 30.5 Å². The maximum absolute atomic E-state index is 11.7. The average Bonchev–Trinajstić information content (AvgIpc) is 2.65. The van der Waals surface area contributed by atoms with Gasteiger partial charge in [-0.2, -0.15) is 0 Å². The van der Waals surface area contributed by atoms with Gasteiger partial charge in [0.05, 0.1) is 10.0 Å². The number of hydrogen-bond acceptors (Lipinski definition) is 2. The average molecular weight is 435 g/mol. The molecule has 2 unspecified atom stereocenters. The largest absolute Gasteiger partial charge is 0.465 e. The number of carbonyl (C=O) groups is 1. The lowest BCUT2D eigenvalue weighted by atomic mass is 9.79. The van der Waals surface area contributed by atoms with Gasteiger partial charge in [0, 0.05) is 24.3 Å².